The van der Waals surface area contributed by atoms with Crippen LogP contribution in [-0.4, -0.2) is 6.29 Å². The Bertz CT molecular complexity index is 473. The molecule has 0 N–H and O–H groups in total. The molecule has 0 saturated carbocycles. The molecule has 0 atom stereocenters. The van der Waals surface area contributed by atoms with Crippen LogP contribution in [-0.2, 0) is 6.61 Å². The summed E-state index contributed by atoms with van der Waals surface area (Å²) in [5.74, 6) is 1.61. The molecule has 0 aliphatic rings. The van der Waals surface area contributed by atoms with E-state index < -0.39 is 0 Å². The first-order valence-electron chi connectivity index (χ1n) is 4.70. The normalized spacial score (nSPS) is 10.1. The average molecular weight is 237 g/mol. The number of furan rings is 1. The molecule has 0 aliphatic heterocycles. The molecule has 4 heteroatoms. The first-order chi connectivity index (χ1) is 7.78. The van der Waals surface area contributed by atoms with Gasteiger partial charge in [-0.25, -0.2) is 0 Å². The molecule has 1 aromatic heterocycles. The lowest BCUT2D eigenvalue weighted by atomic mass is 10.3. The molecule has 0 bridgehead atoms. The highest BCUT2D eigenvalue weighted by atomic mass is 35.5. The van der Waals surface area contributed by atoms with Crippen molar-refractivity contribution in [2.45, 2.75) is 6.61 Å². The number of halogens is 1. The zero-order chi connectivity index (χ0) is 11.4. The maximum absolute atomic E-state index is 10.4. The minimum atomic E-state index is 0.287. The standard InChI is InChI=1S/C12H9ClO3/c13-9-1-3-10(4-2-9)15-8-12-6-5-11(7-14)16-12/h1-7H,8H2. The summed E-state index contributed by atoms with van der Waals surface area (Å²) in [4.78, 5) is 10.4. The lowest BCUT2D eigenvalue weighted by molar-refractivity contribution is 0.109. The fourth-order valence-electron chi connectivity index (χ4n) is 1.22. The van der Waals surface area contributed by atoms with E-state index in [2.05, 4.69) is 0 Å². The third-order valence-electron chi connectivity index (χ3n) is 1.99. The van der Waals surface area contributed by atoms with Gasteiger partial charge in [-0.05, 0) is 36.4 Å². The molecule has 1 aromatic carbocycles. The van der Waals surface area contributed by atoms with Crippen molar-refractivity contribution in [2.75, 3.05) is 0 Å². The molecule has 0 aliphatic carbocycles. The fourth-order valence-corrected chi connectivity index (χ4v) is 1.35. The molecule has 3 nitrogen and oxygen atoms in total. The Morgan fingerprint density at radius 1 is 1.19 bits per heavy atom. The topological polar surface area (TPSA) is 39.4 Å². The summed E-state index contributed by atoms with van der Waals surface area (Å²) >= 11 is 5.74. The molecule has 0 unspecified atom stereocenters. The molecule has 0 fully saturated rings. The Kier molecular flexibility index (Phi) is 3.27. The summed E-state index contributed by atoms with van der Waals surface area (Å²) in [5.41, 5.74) is 0. The summed E-state index contributed by atoms with van der Waals surface area (Å²) in [7, 11) is 0. The number of carbonyl (C=O) groups is 1. The van der Waals surface area contributed by atoms with Gasteiger partial charge in [0, 0.05) is 5.02 Å². The molecule has 2 rings (SSSR count). The number of benzene rings is 1. The Hall–Kier alpha value is -1.74. The van der Waals surface area contributed by atoms with Gasteiger partial charge in [0.05, 0.1) is 0 Å². The van der Waals surface area contributed by atoms with Gasteiger partial charge in [-0.2, -0.15) is 0 Å². The van der Waals surface area contributed by atoms with Crippen LogP contribution >= 0.6 is 11.6 Å². The second-order valence-electron chi connectivity index (χ2n) is 3.16. The molecule has 16 heavy (non-hydrogen) atoms. The molecule has 0 saturated heterocycles. The van der Waals surface area contributed by atoms with Crippen LogP contribution in [0.5, 0.6) is 5.75 Å². The summed E-state index contributed by atoms with van der Waals surface area (Å²) in [6.07, 6.45) is 0.659. The van der Waals surface area contributed by atoms with Crippen LogP contribution < -0.4 is 4.74 Å². The highest BCUT2D eigenvalue weighted by Gasteiger charge is 2.01. The Morgan fingerprint density at radius 2 is 1.94 bits per heavy atom. The van der Waals surface area contributed by atoms with E-state index in [-0.39, 0.29) is 6.61 Å². The first-order valence-corrected chi connectivity index (χ1v) is 5.08. The quantitative estimate of drug-likeness (QED) is 0.765. The molecule has 0 radical (unpaired) electrons. The number of carbonyl (C=O) groups excluding carboxylic acids is 1. The maximum atomic E-state index is 10.4. The predicted octanol–water partition coefficient (Wildman–Crippen LogP) is 3.32. The average Bonchev–Trinajstić information content (AvgIpc) is 2.76. The van der Waals surface area contributed by atoms with Crippen LogP contribution in [0.3, 0.4) is 0 Å². The van der Waals surface area contributed by atoms with Crippen LogP contribution in [0.2, 0.25) is 5.02 Å². The monoisotopic (exact) mass is 236 g/mol. The third kappa shape index (κ3) is 2.64. The SMILES string of the molecule is O=Cc1ccc(COc2ccc(Cl)cc2)o1. The van der Waals surface area contributed by atoms with E-state index in [1.807, 2.05) is 0 Å². The largest absolute Gasteiger partial charge is 0.486 e. The Labute approximate surface area is 97.6 Å². The number of rotatable bonds is 4. The molecular weight excluding hydrogens is 228 g/mol. The van der Waals surface area contributed by atoms with Crippen molar-refractivity contribution in [2.24, 2.45) is 0 Å². The zero-order valence-corrected chi connectivity index (χ0v) is 9.11. The number of aldehydes is 1. The summed E-state index contributed by atoms with van der Waals surface area (Å²) in [6.45, 7) is 0.287. The fraction of sp³-hybridized carbons (Fsp3) is 0.0833. The van der Waals surface area contributed by atoms with Gasteiger partial charge in [0.1, 0.15) is 18.1 Å². The summed E-state index contributed by atoms with van der Waals surface area (Å²) < 4.78 is 10.6. The van der Waals surface area contributed by atoms with Gasteiger partial charge >= 0.3 is 0 Å². The molecule has 0 spiro atoms. The van der Waals surface area contributed by atoms with E-state index in [1.54, 1.807) is 36.4 Å². The van der Waals surface area contributed by atoms with Gasteiger partial charge in [-0.1, -0.05) is 11.6 Å². The van der Waals surface area contributed by atoms with Crippen molar-refractivity contribution < 1.29 is 13.9 Å². The van der Waals surface area contributed by atoms with Crippen LogP contribution in [0.15, 0.2) is 40.8 Å². The first kappa shape index (κ1) is 10.8. The van der Waals surface area contributed by atoms with Gasteiger partial charge in [-0.15, -0.1) is 0 Å². The van der Waals surface area contributed by atoms with E-state index in [9.17, 15) is 4.79 Å². The second kappa shape index (κ2) is 4.86. The van der Waals surface area contributed by atoms with Crippen LogP contribution in [0.4, 0.5) is 0 Å². The van der Waals surface area contributed by atoms with Crippen LogP contribution in [0, 0.1) is 0 Å². The van der Waals surface area contributed by atoms with Gasteiger partial charge in [0.15, 0.2) is 12.0 Å². The van der Waals surface area contributed by atoms with Gasteiger partial charge < -0.3 is 9.15 Å². The Balaban J connectivity index is 1.96. The number of ether oxygens (including phenoxy) is 1. The highest BCUT2D eigenvalue weighted by Crippen LogP contribution is 2.17. The molecule has 0 amide bonds. The third-order valence-corrected chi connectivity index (χ3v) is 2.25. The minimum absolute atomic E-state index is 0.287. The van der Waals surface area contributed by atoms with Gasteiger partial charge in [0.2, 0.25) is 0 Å². The molecule has 1 heterocycles. The summed E-state index contributed by atoms with van der Waals surface area (Å²) in [6, 6.07) is 10.3. The number of hydrogen-bond donors (Lipinski definition) is 0. The van der Waals surface area contributed by atoms with Gasteiger partial charge in [-0.3, -0.25) is 4.79 Å². The van der Waals surface area contributed by atoms with E-state index >= 15 is 0 Å². The lowest BCUT2D eigenvalue weighted by Crippen LogP contribution is -1.93. The predicted molar refractivity (Wildman–Crippen MR) is 59.9 cm³/mol. The van der Waals surface area contributed by atoms with E-state index in [0.29, 0.717) is 28.6 Å². The van der Waals surface area contributed by atoms with Crippen molar-refractivity contribution in [3.05, 3.63) is 52.9 Å². The molecular formula is C12H9ClO3. The highest BCUT2D eigenvalue weighted by molar-refractivity contribution is 6.30. The van der Waals surface area contributed by atoms with Crippen LogP contribution in [0.25, 0.3) is 0 Å². The lowest BCUT2D eigenvalue weighted by Gasteiger charge is -2.03. The smallest absolute Gasteiger partial charge is 0.185 e. The minimum Gasteiger partial charge on any atom is -0.486 e. The van der Waals surface area contributed by atoms with Crippen molar-refractivity contribution in [3.63, 3.8) is 0 Å². The van der Waals surface area contributed by atoms with Crippen molar-refractivity contribution in [3.8, 4) is 5.75 Å². The summed E-state index contributed by atoms with van der Waals surface area (Å²) in [5, 5.41) is 0.661. The number of hydrogen-bond acceptors (Lipinski definition) is 3. The zero-order valence-electron chi connectivity index (χ0n) is 8.35. The van der Waals surface area contributed by atoms with Crippen molar-refractivity contribution in [1.82, 2.24) is 0 Å². The van der Waals surface area contributed by atoms with Crippen molar-refractivity contribution in [1.29, 1.82) is 0 Å². The van der Waals surface area contributed by atoms with E-state index in [0.717, 1.165) is 0 Å². The Morgan fingerprint density at radius 3 is 2.56 bits per heavy atom. The molecule has 2 aromatic rings. The molecule has 82 valence electrons. The van der Waals surface area contributed by atoms with E-state index in [4.69, 9.17) is 20.8 Å². The maximum Gasteiger partial charge on any atom is 0.185 e. The van der Waals surface area contributed by atoms with Crippen molar-refractivity contribution >= 4 is 17.9 Å². The second-order valence-corrected chi connectivity index (χ2v) is 3.60. The van der Waals surface area contributed by atoms with Gasteiger partial charge in [0.25, 0.3) is 0 Å². The van der Waals surface area contributed by atoms with Crippen LogP contribution in [0.1, 0.15) is 16.3 Å². The van der Waals surface area contributed by atoms with E-state index in [1.165, 1.54) is 0 Å².